The van der Waals surface area contributed by atoms with Crippen molar-refractivity contribution in [3.8, 4) is 11.3 Å². The summed E-state index contributed by atoms with van der Waals surface area (Å²) in [6.07, 6.45) is 9.46. The predicted molar refractivity (Wildman–Crippen MR) is 118 cm³/mol. The Kier molecular flexibility index (Phi) is 5.28. The highest BCUT2D eigenvalue weighted by Gasteiger charge is 2.26. The molecule has 1 amide bonds. The number of amides is 1. The molecule has 5 heteroatoms. The Hall–Kier alpha value is -3.05. The quantitative estimate of drug-likeness (QED) is 0.710. The van der Waals surface area contributed by atoms with Gasteiger partial charge in [0, 0.05) is 42.1 Å². The number of fused-ring (bicyclic) bond motifs is 1. The Balaban J connectivity index is 1.30. The third-order valence-corrected chi connectivity index (χ3v) is 6.39. The topological polar surface area (TPSA) is 58.1 Å². The summed E-state index contributed by atoms with van der Waals surface area (Å²) in [5, 5.41) is 3.08. The molecule has 2 aliphatic rings. The van der Waals surface area contributed by atoms with Crippen molar-refractivity contribution < 1.29 is 4.79 Å². The van der Waals surface area contributed by atoms with Gasteiger partial charge >= 0.3 is 0 Å². The highest BCUT2D eigenvalue weighted by molar-refractivity contribution is 6.05. The number of carbonyl (C=O) groups excluding carboxylic acids is 1. The molecule has 30 heavy (non-hydrogen) atoms. The van der Waals surface area contributed by atoms with E-state index < -0.39 is 0 Å². The summed E-state index contributed by atoms with van der Waals surface area (Å²) >= 11 is 0. The molecule has 1 aromatic heterocycles. The van der Waals surface area contributed by atoms with Crippen molar-refractivity contribution in [2.45, 2.75) is 38.1 Å². The van der Waals surface area contributed by atoms with E-state index in [1.54, 1.807) is 6.20 Å². The Bertz CT molecular complexity index is 1050. The van der Waals surface area contributed by atoms with Gasteiger partial charge in [-0.15, -0.1) is 0 Å². The third kappa shape index (κ3) is 3.98. The van der Waals surface area contributed by atoms with Crippen LogP contribution in [-0.4, -0.2) is 39.9 Å². The number of nitrogens with one attached hydrogen (secondary N) is 1. The maximum Gasteiger partial charge on any atom is 0.255 e. The number of carbonyl (C=O) groups is 1. The Morgan fingerprint density at radius 2 is 1.87 bits per heavy atom. The van der Waals surface area contributed by atoms with Crippen molar-refractivity contribution in [2.24, 2.45) is 0 Å². The van der Waals surface area contributed by atoms with Crippen LogP contribution < -0.4 is 5.32 Å². The first kappa shape index (κ1) is 18.9. The number of benzene rings is 2. The minimum Gasteiger partial charge on any atom is -0.322 e. The van der Waals surface area contributed by atoms with Crippen LogP contribution in [0, 0.1) is 0 Å². The largest absolute Gasteiger partial charge is 0.322 e. The number of anilines is 1. The standard InChI is InChI=1S/C25H26N4O/c30-25(21-4-1-3-20(15-21)24-9-12-26-17-27-24)28-22-8-7-18-10-13-29(23-5-2-6-23)14-11-19(18)16-22/h1,3-4,7-9,12,15-17,23H,2,5-6,10-11,13-14H2,(H,28,30). The smallest absolute Gasteiger partial charge is 0.255 e. The average molecular weight is 399 g/mol. The van der Waals surface area contributed by atoms with Gasteiger partial charge in [-0.25, -0.2) is 9.97 Å². The molecule has 1 N–H and O–H groups in total. The van der Waals surface area contributed by atoms with E-state index in [-0.39, 0.29) is 5.91 Å². The van der Waals surface area contributed by atoms with Gasteiger partial charge in [0.15, 0.2) is 0 Å². The average Bonchev–Trinajstić information content (AvgIpc) is 2.96. The third-order valence-electron chi connectivity index (χ3n) is 6.39. The molecular formula is C25H26N4O. The van der Waals surface area contributed by atoms with Gasteiger partial charge in [-0.2, -0.15) is 0 Å². The van der Waals surface area contributed by atoms with Gasteiger partial charge in [0.05, 0.1) is 5.69 Å². The molecule has 152 valence electrons. The fourth-order valence-corrected chi connectivity index (χ4v) is 4.42. The van der Waals surface area contributed by atoms with Gasteiger partial charge in [-0.1, -0.05) is 24.6 Å². The molecule has 1 aliphatic carbocycles. The van der Waals surface area contributed by atoms with Crippen LogP contribution in [0.5, 0.6) is 0 Å². The Morgan fingerprint density at radius 3 is 2.63 bits per heavy atom. The number of aromatic nitrogens is 2. The molecule has 0 unspecified atom stereocenters. The van der Waals surface area contributed by atoms with Gasteiger partial charge in [0.2, 0.25) is 0 Å². The fourth-order valence-electron chi connectivity index (χ4n) is 4.42. The van der Waals surface area contributed by atoms with E-state index in [4.69, 9.17) is 0 Å². The minimum absolute atomic E-state index is 0.101. The van der Waals surface area contributed by atoms with E-state index in [0.717, 1.165) is 48.9 Å². The van der Waals surface area contributed by atoms with E-state index in [1.165, 1.54) is 36.7 Å². The van der Waals surface area contributed by atoms with E-state index in [2.05, 4.69) is 32.3 Å². The van der Waals surface area contributed by atoms with Crippen LogP contribution in [0.4, 0.5) is 5.69 Å². The monoisotopic (exact) mass is 398 g/mol. The predicted octanol–water partition coefficient (Wildman–Crippen LogP) is 4.35. The molecule has 2 aromatic carbocycles. The summed E-state index contributed by atoms with van der Waals surface area (Å²) in [5.41, 5.74) is 5.98. The molecule has 5 nitrogen and oxygen atoms in total. The second kappa shape index (κ2) is 8.36. The van der Waals surface area contributed by atoms with Crippen molar-refractivity contribution in [3.63, 3.8) is 0 Å². The van der Waals surface area contributed by atoms with Gasteiger partial charge < -0.3 is 5.32 Å². The molecule has 0 saturated heterocycles. The second-order valence-electron chi connectivity index (χ2n) is 8.23. The Labute approximate surface area is 177 Å². The first-order chi connectivity index (χ1) is 14.8. The summed E-state index contributed by atoms with van der Waals surface area (Å²) in [6, 6.07) is 16.6. The van der Waals surface area contributed by atoms with Crippen LogP contribution in [0.2, 0.25) is 0 Å². The molecule has 0 atom stereocenters. The SMILES string of the molecule is O=C(Nc1ccc2c(c1)CCN(C1CCC1)CC2)c1cccc(-c2ccncn2)c1. The summed E-state index contributed by atoms with van der Waals surface area (Å²) < 4.78 is 0. The van der Waals surface area contributed by atoms with Crippen LogP contribution in [0.25, 0.3) is 11.3 Å². The molecule has 0 bridgehead atoms. The molecule has 1 saturated carbocycles. The number of rotatable bonds is 4. The lowest BCUT2D eigenvalue weighted by atomic mass is 9.91. The Morgan fingerprint density at radius 1 is 1.00 bits per heavy atom. The zero-order valence-electron chi connectivity index (χ0n) is 17.1. The number of nitrogens with zero attached hydrogens (tertiary/aromatic N) is 3. The first-order valence-corrected chi connectivity index (χ1v) is 10.8. The maximum absolute atomic E-state index is 12.9. The second-order valence-corrected chi connectivity index (χ2v) is 8.23. The van der Waals surface area contributed by atoms with E-state index in [9.17, 15) is 4.79 Å². The fraction of sp³-hybridized carbons (Fsp3) is 0.320. The van der Waals surface area contributed by atoms with E-state index in [1.807, 2.05) is 36.4 Å². The van der Waals surface area contributed by atoms with Crippen LogP contribution in [0.15, 0.2) is 61.1 Å². The lowest BCUT2D eigenvalue weighted by Crippen LogP contribution is -2.41. The molecule has 1 fully saturated rings. The molecule has 3 aromatic rings. The summed E-state index contributed by atoms with van der Waals surface area (Å²) in [4.78, 5) is 23.7. The highest BCUT2D eigenvalue weighted by Crippen LogP contribution is 2.28. The molecule has 0 radical (unpaired) electrons. The van der Waals surface area contributed by atoms with Crippen LogP contribution >= 0.6 is 0 Å². The zero-order chi connectivity index (χ0) is 20.3. The number of hydrogen-bond acceptors (Lipinski definition) is 4. The highest BCUT2D eigenvalue weighted by atomic mass is 16.1. The first-order valence-electron chi connectivity index (χ1n) is 10.8. The minimum atomic E-state index is -0.101. The van der Waals surface area contributed by atoms with E-state index in [0.29, 0.717) is 5.56 Å². The lowest BCUT2D eigenvalue weighted by Gasteiger charge is -2.36. The number of hydrogen-bond donors (Lipinski definition) is 1. The van der Waals surface area contributed by atoms with Crippen molar-refractivity contribution in [2.75, 3.05) is 18.4 Å². The maximum atomic E-state index is 12.9. The molecule has 5 rings (SSSR count). The summed E-state index contributed by atoms with van der Waals surface area (Å²) in [7, 11) is 0. The van der Waals surface area contributed by atoms with Crippen molar-refractivity contribution in [1.29, 1.82) is 0 Å². The van der Waals surface area contributed by atoms with Crippen molar-refractivity contribution >= 4 is 11.6 Å². The van der Waals surface area contributed by atoms with Crippen LogP contribution in [0.1, 0.15) is 40.7 Å². The van der Waals surface area contributed by atoms with Crippen LogP contribution in [0.3, 0.4) is 0 Å². The van der Waals surface area contributed by atoms with Crippen molar-refractivity contribution in [1.82, 2.24) is 14.9 Å². The zero-order valence-corrected chi connectivity index (χ0v) is 17.1. The summed E-state index contributed by atoms with van der Waals surface area (Å²) in [6.45, 7) is 2.27. The molecule has 2 heterocycles. The van der Waals surface area contributed by atoms with Crippen LogP contribution in [-0.2, 0) is 12.8 Å². The van der Waals surface area contributed by atoms with Crippen molar-refractivity contribution in [3.05, 3.63) is 77.7 Å². The van der Waals surface area contributed by atoms with Gasteiger partial charge in [-0.05, 0) is 67.1 Å². The summed E-state index contributed by atoms with van der Waals surface area (Å²) in [5.74, 6) is -0.101. The normalized spacial score (nSPS) is 16.9. The lowest BCUT2D eigenvalue weighted by molar-refractivity contribution is 0.102. The van der Waals surface area contributed by atoms with E-state index >= 15 is 0 Å². The molecule has 1 aliphatic heterocycles. The van der Waals surface area contributed by atoms with Gasteiger partial charge in [0.25, 0.3) is 5.91 Å². The molecule has 0 spiro atoms. The molecular weight excluding hydrogens is 372 g/mol. The van der Waals surface area contributed by atoms with Gasteiger partial charge in [-0.3, -0.25) is 9.69 Å². The van der Waals surface area contributed by atoms with Gasteiger partial charge in [0.1, 0.15) is 6.33 Å².